The van der Waals surface area contributed by atoms with Crippen LogP contribution in [-0.2, 0) is 19.1 Å². The lowest BCUT2D eigenvalue weighted by atomic mass is 10.2. The summed E-state index contributed by atoms with van der Waals surface area (Å²) in [7, 11) is 0. The largest absolute Gasteiger partial charge is 0.381 e. The highest BCUT2D eigenvalue weighted by Crippen LogP contribution is 1.97. The zero-order chi connectivity index (χ0) is 18.6. The quantitative estimate of drug-likeness (QED) is 0.459. The lowest BCUT2D eigenvalue weighted by molar-refractivity contribution is -0.121. The van der Waals surface area contributed by atoms with Crippen molar-refractivity contribution in [2.45, 2.75) is 73.1 Å². The van der Waals surface area contributed by atoms with Crippen molar-refractivity contribution in [2.75, 3.05) is 33.0 Å². The zero-order valence-corrected chi connectivity index (χ0v) is 16.5. The number of rotatable bonds is 15. The van der Waals surface area contributed by atoms with E-state index < -0.39 is 0 Å². The first-order valence-electron chi connectivity index (χ1n) is 9.44. The number of nitrogens with one attached hydrogen (secondary N) is 1. The maximum absolute atomic E-state index is 11.4. The van der Waals surface area contributed by atoms with Crippen LogP contribution in [0.25, 0.3) is 0 Å². The predicted octanol–water partition coefficient (Wildman–Crippen LogP) is 3.75. The summed E-state index contributed by atoms with van der Waals surface area (Å²) in [6.07, 6.45) is 4.40. The molecule has 0 fully saturated rings. The summed E-state index contributed by atoms with van der Waals surface area (Å²) in [6, 6.07) is 0. The van der Waals surface area contributed by atoms with Crippen LogP contribution in [0.5, 0.6) is 0 Å². The van der Waals surface area contributed by atoms with Gasteiger partial charge in [0.2, 0.25) is 5.91 Å². The first-order chi connectivity index (χ1) is 11.5. The highest BCUT2D eigenvalue weighted by molar-refractivity contribution is 5.78. The number of Topliss-reactive ketones (excluding diaryl/α,β-unsaturated/α-hetero) is 1. The Hall–Kier alpha value is -0.940. The van der Waals surface area contributed by atoms with Crippen molar-refractivity contribution >= 4 is 11.7 Å². The molecule has 1 N–H and O–H groups in total. The molecule has 0 radical (unpaired) electrons. The van der Waals surface area contributed by atoms with E-state index in [0.29, 0.717) is 38.3 Å². The number of hydrogen-bond acceptors (Lipinski definition) is 4. The maximum atomic E-state index is 11.4. The van der Waals surface area contributed by atoms with Crippen LogP contribution in [0.2, 0.25) is 0 Å². The van der Waals surface area contributed by atoms with Gasteiger partial charge in [0, 0.05) is 45.8 Å². The van der Waals surface area contributed by atoms with E-state index in [1.165, 1.54) is 0 Å². The summed E-state index contributed by atoms with van der Waals surface area (Å²) in [5.74, 6) is 0.744. The summed E-state index contributed by atoms with van der Waals surface area (Å²) in [4.78, 5) is 22.2. The van der Waals surface area contributed by atoms with Crippen LogP contribution in [-0.4, -0.2) is 44.7 Å². The second-order valence-electron chi connectivity index (χ2n) is 6.05. The van der Waals surface area contributed by atoms with E-state index in [2.05, 4.69) is 19.2 Å². The molecule has 5 heteroatoms. The van der Waals surface area contributed by atoms with Crippen molar-refractivity contribution in [3.8, 4) is 0 Å². The van der Waals surface area contributed by atoms with E-state index in [1.54, 1.807) is 6.92 Å². The molecule has 0 aliphatic heterocycles. The molecule has 0 rings (SSSR count). The summed E-state index contributed by atoms with van der Waals surface area (Å²) in [6.45, 7) is 13.5. The minimum absolute atomic E-state index is 0.0172. The number of ketones is 1. The van der Waals surface area contributed by atoms with E-state index in [0.717, 1.165) is 39.1 Å². The number of unbranched alkanes of at least 4 members (excludes halogenated alkanes) is 1. The summed E-state index contributed by atoms with van der Waals surface area (Å²) >= 11 is 0. The molecule has 0 saturated carbocycles. The molecule has 0 unspecified atom stereocenters. The summed E-state index contributed by atoms with van der Waals surface area (Å²) < 4.78 is 11.0. The van der Waals surface area contributed by atoms with Crippen molar-refractivity contribution in [2.24, 2.45) is 5.92 Å². The second-order valence-corrected chi connectivity index (χ2v) is 6.05. The second kappa shape index (κ2) is 20.1. The van der Waals surface area contributed by atoms with Gasteiger partial charge in [-0.1, -0.05) is 27.7 Å². The fraction of sp³-hybridized carbons (Fsp3) is 0.895. The molecule has 0 aromatic rings. The first-order valence-corrected chi connectivity index (χ1v) is 9.44. The van der Waals surface area contributed by atoms with Crippen molar-refractivity contribution in [1.82, 2.24) is 5.32 Å². The van der Waals surface area contributed by atoms with Crippen molar-refractivity contribution < 1.29 is 19.1 Å². The number of carbonyl (C=O) groups is 2. The normalized spacial score (nSPS) is 10.2. The Morgan fingerprint density at radius 3 is 2.04 bits per heavy atom. The predicted molar refractivity (Wildman–Crippen MR) is 99.2 cm³/mol. The molecular weight excluding hydrogens is 306 g/mol. The molecule has 0 spiro atoms. The Morgan fingerprint density at radius 1 is 0.875 bits per heavy atom. The smallest absolute Gasteiger partial charge is 0.220 e. The van der Waals surface area contributed by atoms with Gasteiger partial charge in [-0.15, -0.1) is 0 Å². The van der Waals surface area contributed by atoms with Crippen molar-refractivity contribution in [1.29, 1.82) is 0 Å². The lowest BCUT2D eigenvalue weighted by Crippen LogP contribution is -2.25. The molecular formula is C19H39NO4. The van der Waals surface area contributed by atoms with Crippen LogP contribution in [0.15, 0.2) is 0 Å². The van der Waals surface area contributed by atoms with Crippen LogP contribution in [0.3, 0.4) is 0 Å². The first kappa shape index (κ1) is 25.3. The van der Waals surface area contributed by atoms with Crippen molar-refractivity contribution in [3.63, 3.8) is 0 Å². The number of carbonyl (C=O) groups excluding carboxylic acids is 2. The van der Waals surface area contributed by atoms with Gasteiger partial charge in [-0.25, -0.2) is 0 Å². The highest BCUT2D eigenvalue weighted by Gasteiger charge is 2.01. The van der Waals surface area contributed by atoms with Crippen LogP contribution in [0.1, 0.15) is 73.1 Å². The summed E-state index contributed by atoms with van der Waals surface area (Å²) in [5, 5.41) is 2.84. The zero-order valence-electron chi connectivity index (χ0n) is 16.5. The Balaban J connectivity index is 0. The third-order valence-corrected chi connectivity index (χ3v) is 3.00. The van der Waals surface area contributed by atoms with Crippen LogP contribution in [0, 0.1) is 5.92 Å². The Kier molecular flexibility index (Phi) is 21.2. The minimum Gasteiger partial charge on any atom is -0.381 e. The lowest BCUT2D eigenvalue weighted by Gasteiger charge is -2.07. The van der Waals surface area contributed by atoms with E-state index in [1.807, 2.05) is 13.8 Å². The monoisotopic (exact) mass is 345 g/mol. The summed E-state index contributed by atoms with van der Waals surface area (Å²) in [5.41, 5.74) is 0. The average Bonchev–Trinajstić information content (AvgIpc) is 2.54. The van der Waals surface area contributed by atoms with E-state index in [-0.39, 0.29) is 11.7 Å². The van der Waals surface area contributed by atoms with Crippen molar-refractivity contribution in [3.05, 3.63) is 0 Å². The van der Waals surface area contributed by atoms with Crippen LogP contribution < -0.4 is 5.32 Å². The van der Waals surface area contributed by atoms with Gasteiger partial charge in [0.15, 0.2) is 0 Å². The Morgan fingerprint density at radius 2 is 1.46 bits per heavy atom. The van der Waals surface area contributed by atoms with Crippen LogP contribution >= 0.6 is 0 Å². The third kappa shape index (κ3) is 23.3. The number of amides is 1. The van der Waals surface area contributed by atoms with Gasteiger partial charge < -0.3 is 19.6 Å². The minimum atomic E-state index is 0.0172. The van der Waals surface area contributed by atoms with Gasteiger partial charge in [0.05, 0.1) is 0 Å². The molecule has 144 valence electrons. The molecule has 1 amide bonds. The molecule has 0 atom stereocenters. The van der Waals surface area contributed by atoms with Gasteiger partial charge in [0.1, 0.15) is 5.78 Å². The molecule has 0 saturated heterocycles. The molecule has 5 nitrogen and oxygen atoms in total. The van der Waals surface area contributed by atoms with Gasteiger partial charge in [-0.2, -0.15) is 0 Å². The average molecular weight is 346 g/mol. The molecule has 0 heterocycles. The fourth-order valence-electron chi connectivity index (χ4n) is 1.82. The maximum Gasteiger partial charge on any atom is 0.220 e. The van der Waals surface area contributed by atoms with Gasteiger partial charge in [-0.3, -0.25) is 4.79 Å². The van der Waals surface area contributed by atoms with E-state index >= 15 is 0 Å². The molecule has 24 heavy (non-hydrogen) atoms. The molecule has 0 aromatic carbocycles. The molecule has 0 bridgehead atoms. The van der Waals surface area contributed by atoms with E-state index in [4.69, 9.17) is 9.47 Å². The van der Waals surface area contributed by atoms with E-state index in [9.17, 15) is 9.59 Å². The number of hydrogen-bond donors (Lipinski definition) is 1. The SMILES string of the molecule is CC.CC(=O)CCCC(=O)NCCCOCCCCOCC(C)C. The Labute approximate surface area is 148 Å². The molecule has 0 aliphatic carbocycles. The van der Waals surface area contributed by atoms with Gasteiger partial charge in [-0.05, 0) is 38.5 Å². The standard InChI is InChI=1S/C17H33NO4.C2H6/c1-15(2)14-22-12-5-4-11-21-13-7-10-18-17(20)9-6-8-16(3)19;1-2/h15H,4-14H2,1-3H3,(H,18,20);1-2H3. The topological polar surface area (TPSA) is 64.6 Å². The molecule has 0 aromatic heterocycles. The Bertz CT molecular complexity index is 293. The number of ether oxygens (including phenoxy) is 2. The van der Waals surface area contributed by atoms with Gasteiger partial charge in [0.25, 0.3) is 0 Å². The van der Waals surface area contributed by atoms with Gasteiger partial charge >= 0.3 is 0 Å². The molecule has 0 aliphatic rings. The third-order valence-electron chi connectivity index (χ3n) is 3.00. The highest BCUT2D eigenvalue weighted by atomic mass is 16.5. The van der Waals surface area contributed by atoms with Crippen LogP contribution in [0.4, 0.5) is 0 Å². The fourth-order valence-corrected chi connectivity index (χ4v) is 1.82.